The fraction of sp³-hybridized carbons (Fsp3) is 0.235. The number of carbonyl (C=O) groups is 1. The number of amides is 1. The summed E-state index contributed by atoms with van der Waals surface area (Å²) in [4.78, 5) is 12.4. The third kappa shape index (κ3) is 3.85. The lowest BCUT2D eigenvalue weighted by atomic mass is 10.1. The van der Waals surface area contributed by atoms with Crippen LogP contribution in [-0.2, 0) is 0 Å². The van der Waals surface area contributed by atoms with Gasteiger partial charge in [-0.3, -0.25) is 4.79 Å². The van der Waals surface area contributed by atoms with Gasteiger partial charge in [0.2, 0.25) is 0 Å². The fourth-order valence-corrected chi connectivity index (χ4v) is 2.44. The molecule has 1 unspecified atom stereocenters. The largest absolute Gasteiger partial charge is 0.497 e. The number of hydrogen-bond acceptors (Lipinski definition) is 2. The van der Waals surface area contributed by atoms with Gasteiger partial charge in [-0.15, -0.1) is 0 Å². The molecule has 0 radical (unpaired) electrons. The molecule has 2 aromatic carbocycles. The maximum absolute atomic E-state index is 12.4. The van der Waals surface area contributed by atoms with Crippen molar-refractivity contribution in [3.05, 3.63) is 63.6 Å². The van der Waals surface area contributed by atoms with Crippen LogP contribution in [0.4, 0.5) is 0 Å². The summed E-state index contributed by atoms with van der Waals surface area (Å²) in [6, 6.07) is 13.4. The molecular formula is C17H18BrNO2. The Labute approximate surface area is 133 Å². The molecule has 1 N–H and O–H groups in total. The number of nitrogens with one attached hydrogen (secondary N) is 1. The van der Waals surface area contributed by atoms with Gasteiger partial charge in [-0.25, -0.2) is 0 Å². The molecular weight excluding hydrogens is 330 g/mol. The molecule has 0 aliphatic heterocycles. The van der Waals surface area contributed by atoms with E-state index in [4.69, 9.17) is 4.74 Å². The van der Waals surface area contributed by atoms with Crippen molar-refractivity contribution in [2.75, 3.05) is 7.11 Å². The number of halogens is 1. The molecule has 2 aromatic rings. The van der Waals surface area contributed by atoms with Gasteiger partial charge < -0.3 is 10.1 Å². The van der Waals surface area contributed by atoms with E-state index in [0.29, 0.717) is 11.3 Å². The van der Waals surface area contributed by atoms with E-state index in [2.05, 4.69) is 21.2 Å². The van der Waals surface area contributed by atoms with E-state index < -0.39 is 0 Å². The van der Waals surface area contributed by atoms with Gasteiger partial charge >= 0.3 is 0 Å². The molecule has 2 rings (SSSR count). The Kier molecular flexibility index (Phi) is 5.02. The van der Waals surface area contributed by atoms with Crippen LogP contribution in [-0.4, -0.2) is 13.0 Å². The highest BCUT2D eigenvalue weighted by Crippen LogP contribution is 2.23. The summed E-state index contributed by atoms with van der Waals surface area (Å²) in [5.74, 6) is 0.528. The molecule has 1 atom stereocenters. The average molecular weight is 348 g/mol. The third-order valence-corrected chi connectivity index (χ3v) is 4.03. The first-order chi connectivity index (χ1) is 10.0. The molecule has 0 aliphatic rings. The SMILES string of the molecule is COc1ccc(Br)c(C(=O)NC(C)c2ccc(C)cc2)c1. The molecule has 0 fully saturated rings. The summed E-state index contributed by atoms with van der Waals surface area (Å²) in [5.41, 5.74) is 2.84. The van der Waals surface area contributed by atoms with Gasteiger partial charge in [-0.2, -0.15) is 0 Å². The van der Waals surface area contributed by atoms with Crippen LogP contribution in [0, 0.1) is 6.92 Å². The van der Waals surface area contributed by atoms with Gasteiger partial charge in [0.1, 0.15) is 5.75 Å². The molecule has 4 heteroatoms. The predicted molar refractivity (Wildman–Crippen MR) is 87.8 cm³/mol. The van der Waals surface area contributed by atoms with Crippen LogP contribution in [0.2, 0.25) is 0 Å². The van der Waals surface area contributed by atoms with Crippen LogP contribution in [0.25, 0.3) is 0 Å². The smallest absolute Gasteiger partial charge is 0.253 e. The first-order valence-corrected chi connectivity index (χ1v) is 7.51. The summed E-state index contributed by atoms with van der Waals surface area (Å²) in [5, 5.41) is 3.00. The molecule has 0 aromatic heterocycles. The lowest BCUT2D eigenvalue weighted by molar-refractivity contribution is 0.0938. The van der Waals surface area contributed by atoms with Crippen molar-refractivity contribution in [2.45, 2.75) is 19.9 Å². The molecule has 0 heterocycles. The molecule has 0 bridgehead atoms. The van der Waals surface area contributed by atoms with E-state index in [1.54, 1.807) is 13.2 Å². The van der Waals surface area contributed by atoms with Crippen LogP contribution >= 0.6 is 15.9 Å². The van der Waals surface area contributed by atoms with E-state index in [-0.39, 0.29) is 11.9 Å². The second-order valence-corrected chi connectivity index (χ2v) is 5.81. The summed E-state index contributed by atoms with van der Waals surface area (Å²) < 4.78 is 5.91. The monoisotopic (exact) mass is 347 g/mol. The van der Waals surface area contributed by atoms with Gasteiger partial charge in [0.25, 0.3) is 5.91 Å². The number of benzene rings is 2. The maximum atomic E-state index is 12.4. The second-order valence-electron chi connectivity index (χ2n) is 4.95. The van der Waals surface area contributed by atoms with Crippen molar-refractivity contribution in [1.82, 2.24) is 5.32 Å². The molecule has 110 valence electrons. The number of rotatable bonds is 4. The Morgan fingerprint density at radius 3 is 2.48 bits per heavy atom. The quantitative estimate of drug-likeness (QED) is 0.897. The number of carbonyl (C=O) groups excluding carboxylic acids is 1. The van der Waals surface area contributed by atoms with Crippen LogP contribution < -0.4 is 10.1 Å². The number of aryl methyl sites for hydroxylation is 1. The minimum atomic E-state index is -0.131. The van der Waals surface area contributed by atoms with Crippen LogP contribution in [0.3, 0.4) is 0 Å². The van der Waals surface area contributed by atoms with Crippen LogP contribution in [0.15, 0.2) is 46.9 Å². The van der Waals surface area contributed by atoms with Crippen molar-refractivity contribution in [3.63, 3.8) is 0 Å². The van der Waals surface area contributed by atoms with Gasteiger partial charge in [-0.1, -0.05) is 29.8 Å². The van der Waals surface area contributed by atoms with Crippen molar-refractivity contribution in [2.24, 2.45) is 0 Å². The normalized spacial score (nSPS) is 11.8. The standard InChI is InChI=1S/C17H18BrNO2/c1-11-4-6-13(7-5-11)12(2)19-17(20)15-10-14(21-3)8-9-16(15)18/h4-10,12H,1-3H3,(H,19,20). The molecule has 1 amide bonds. The minimum Gasteiger partial charge on any atom is -0.497 e. The summed E-state index contributed by atoms with van der Waals surface area (Å²) >= 11 is 3.40. The lowest BCUT2D eigenvalue weighted by Gasteiger charge is -2.15. The van der Waals surface area contributed by atoms with Crippen molar-refractivity contribution in [3.8, 4) is 5.75 Å². The average Bonchev–Trinajstić information content (AvgIpc) is 2.48. The maximum Gasteiger partial charge on any atom is 0.253 e. The Morgan fingerprint density at radius 2 is 1.86 bits per heavy atom. The van der Waals surface area contributed by atoms with Gasteiger partial charge in [0, 0.05) is 4.47 Å². The molecule has 0 saturated heterocycles. The zero-order chi connectivity index (χ0) is 15.4. The van der Waals surface area contributed by atoms with Crippen molar-refractivity contribution in [1.29, 1.82) is 0 Å². The van der Waals surface area contributed by atoms with E-state index in [1.807, 2.05) is 50.2 Å². The van der Waals surface area contributed by atoms with Crippen molar-refractivity contribution < 1.29 is 9.53 Å². The highest BCUT2D eigenvalue weighted by Gasteiger charge is 2.14. The highest BCUT2D eigenvalue weighted by molar-refractivity contribution is 9.10. The first-order valence-electron chi connectivity index (χ1n) is 6.72. The molecule has 0 aliphatic carbocycles. The topological polar surface area (TPSA) is 38.3 Å². The van der Waals surface area contributed by atoms with E-state index >= 15 is 0 Å². The molecule has 0 spiro atoms. The first kappa shape index (κ1) is 15.6. The molecule has 21 heavy (non-hydrogen) atoms. The van der Waals surface area contributed by atoms with E-state index in [9.17, 15) is 4.79 Å². The zero-order valence-corrected chi connectivity index (χ0v) is 13.9. The summed E-state index contributed by atoms with van der Waals surface area (Å²) in [7, 11) is 1.58. The Bertz CT molecular complexity index is 638. The predicted octanol–water partition coefficient (Wildman–Crippen LogP) is 4.26. The van der Waals surface area contributed by atoms with Gasteiger partial charge in [0.15, 0.2) is 0 Å². The zero-order valence-electron chi connectivity index (χ0n) is 12.3. The van der Waals surface area contributed by atoms with Gasteiger partial charge in [-0.05, 0) is 53.5 Å². The van der Waals surface area contributed by atoms with Crippen molar-refractivity contribution >= 4 is 21.8 Å². The fourth-order valence-electron chi connectivity index (χ4n) is 2.02. The Hall–Kier alpha value is -1.81. The number of ether oxygens (including phenoxy) is 1. The minimum absolute atomic E-state index is 0.0591. The summed E-state index contributed by atoms with van der Waals surface area (Å²) in [6.07, 6.45) is 0. The Morgan fingerprint density at radius 1 is 1.19 bits per heavy atom. The van der Waals surface area contributed by atoms with E-state index in [0.717, 1.165) is 10.0 Å². The summed E-state index contributed by atoms with van der Waals surface area (Å²) in [6.45, 7) is 4.01. The van der Waals surface area contributed by atoms with Crippen LogP contribution in [0.1, 0.15) is 34.5 Å². The lowest BCUT2D eigenvalue weighted by Crippen LogP contribution is -2.27. The third-order valence-electron chi connectivity index (χ3n) is 3.34. The number of methoxy groups -OCH3 is 1. The van der Waals surface area contributed by atoms with E-state index in [1.165, 1.54) is 5.56 Å². The number of hydrogen-bond donors (Lipinski definition) is 1. The molecule has 3 nitrogen and oxygen atoms in total. The van der Waals surface area contributed by atoms with Gasteiger partial charge in [0.05, 0.1) is 18.7 Å². The molecule has 0 saturated carbocycles. The highest BCUT2D eigenvalue weighted by atomic mass is 79.9. The Balaban J connectivity index is 2.15. The second kappa shape index (κ2) is 6.76. The van der Waals surface area contributed by atoms with Crippen LogP contribution in [0.5, 0.6) is 5.75 Å².